The van der Waals surface area contributed by atoms with E-state index < -0.39 is 0 Å². The summed E-state index contributed by atoms with van der Waals surface area (Å²) < 4.78 is 10.9. The van der Waals surface area contributed by atoms with E-state index in [1.54, 1.807) is 7.11 Å². The predicted octanol–water partition coefficient (Wildman–Crippen LogP) is 4.34. The molecule has 0 spiro atoms. The third kappa shape index (κ3) is 5.40. The van der Waals surface area contributed by atoms with Crippen molar-refractivity contribution in [1.29, 1.82) is 0 Å². The van der Waals surface area contributed by atoms with Crippen LogP contribution in [0.5, 0.6) is 17.2 Å². The van der Waals surface area contributed by atoms with Crippen molar-refractivity contribution in [3.8, 4) is 17.2 Å². The van der Waals surface area contributed by atoms with Gasteiger partial charge >= 0.3 is 0 Å². The maximum Gasteiger partial charge on any atom is 0.120 e. The highest BCUT2D eigenvalue weighted by Crippen LogP contribution is 2.28. The Hall–Kier alpha value is -2.20. The topological polar surface area (TPSA) is 41.9 Å². The zero-order valence-electron chi connectivity index (χ0n) is 15.9. The molecule has 0 bridgehead atoms. The van der Waals surface area contributed by atoms with Gasteiger partial charge in [0.05, 0.1) is 7.11 Å². The third-order valence-corrected chi connectivity index (χ3v) is 4.33. The first kappa shape index (κ1) is 19.1. The summed E-state index contributed by atoms with van der Waals surface area (Å²) >= 11 is 0. The minimum atomic E-state index is 0.366. The Labute approximate surface area is 151 Å². The molecule has 2 rings (SSSR count). The molecule has 0 aliphatic heterocycles. The van der Waals surface area contributed by atoms with E-state index in [-0.39, 0.29) is 0 Å². The summed E-state index contributed by atoms with van der Waals surface area (Å²) in [5, 5.41) is 10.2. The minimum Gasteiger partial charge on any atom is -0.508 e. The Morgan fingerprint density at radius 1 is 1.08 bits per heavy atom. The summed E-state index contributed by atoms with van der Waals surface area (Å²) in [6, 6.07) is 11.6. The van der Waals surface area contributed by atoms with Crippen molar-refractivity contribution >= 4 is 0 Å². The maximum atomic E-state index is 10.2. The molecule has 4 heteroatoms. The maximum absolute atomic E-state index is 10.2. The van der Waals surface area contributed by atoms with E-state index in [0.717, 1.165) is 29.2 Å². The molecular formula is C21H29NO3. The van der Waals surface area contributed by atoms with Crippen molar-refractivity contribution < 1.29 is 14.6 Å². The van der Waals surface area contributed by atoms with Crippen LogP contribution in [-0.2, 0) is 6.54 Å². The van der Waals surface area contributed by atoms with E-state index in [1.807, 2.05) is 44.3 Å². The van der Waals surface area contributed by atoms with E-state index in [2.05, 4.69) is 24.8 Å². The smallest absolute Gasteiger partial charge is 0.120 e. The summed E-state index contributed by atoms with van der Waals surface area (Å²) in [4.78, 5) is 2.15. The monoisotopic (exact) mass is 343 g/mol. The zero-order valence-corrected chi connectivity index (χ0v) is 15.9. The van der Waals surface area contributed by atoms with E-state index in [4.69, 9.17) is 9.47 Å². The average molecular weight is 343 g/mol. The summed E-state index contributed by atoms with van der Waals surface area (Å²) in [6.45, 7) is 8.46. The fourth-order valence-corrected chi connectivity index (χ4v) is 2.87. The third-order valence-electron chi connectivity index (χ3n) is 4.33. The van der Waals surface area contributed by atoms with Crippen molar-refractivity contribution in [2.24, 2.45) is 0 Å². The molecule has 2 aromatic carbocycles. The summed E-state index contributed by atoms with van der Waals surface area (Å²) in [7, 11) is 3.68. The molecule has 0 aliphatic carbocycles. The van der Waals surface area contributed by atoms with Gasteiger partial charge in [0.2, 0.25) is 0 Å². The quantitative estimate of drug-likeness (QED) is 0.774. The van der Waals surface area contributed by atoms with Gasteiger partial charge in [0.1, 0.15) is 23.9 Å². The first-order chi connectivity index (χ1) is 11.9. The van der Waals surface area contributed by atoms with Gasteiger partial charge in [0.25, 0.3) is 0 Å². The van der Waals surface area contributed by atoms with Gasteiger partial charge < -0.3 is 14.6 Å². The number of hydrogen-bond donors (Lipinski definition) is 1. The fraction of sp³-hybridized carbons (Fsp3) is 0.429. The zero-order chi connectivity index (χ0) is 18.4. The summed E-state index contributed by atoms with van der Waals surface area (Å²) in [5.41, 5.74) is 3.39. The number of phenolic OH excluding ortho intramolecular Hbond substituents is 1. The highest BCUT2D eigenvalue weighted by Gasteiger charge is 2.11. The number of hydrogen-bond acceptors (Lipinski definition) is 4. The van der Waals surface area contributed by atoms with Gasteiger partial charge in [-0.2, -0.15) is 0 Å². The first-order valence-electron chi connectivity index (χ1n) is 8.68. The number of rotatable bonds is 8. The second-order valence-corrected chi connectivity index (χ2v) is 6.75. The predicted molar refractivity (Wildman–Crippen MR) is 102 cm³/mol. The molecule has 2 aromatic rings. The number of aromatic hydroxyl groups is 1. The largest absolute Gasteiger partial charge is 0.508 e. The molecule has 136 valence electrons. The van der Waals surface area contributed by atoms with Gasteiger partial charge in [0.15, 0.2) is 0 Å². The highest BCUT2D eigenvalue weighted by atomic mass is 16.5. The van der Waals surface area contributed by atoms with Gasteiger partial charge in [-0.25, -0.2) is 0 Å². The molecule has 0 atom stereocenters. The van der Waals surface area contributed by atoms with Crippen LogP contribution in [-0.4, -0.2) is 37.3 Å². The van der Waals surface area contributed by atoms with E-state index in [1.165, 1.54) is 5.56 Å². The SMILES string of the molecule is COc1ccc(OCCN(C)Cc2cc(C(C)C)c(C)cc2O)cc1. The molecule has 1 N–H and O–H groups in total. The van der Waals surface area contributed by atoms with Crippen molar-refractivity contribution in [3.05, 3.63) is 53.1 Å². The first-order valence-corrected chi connectivity index (χ1v) is 8.68. The molecule has 0 aliphatic rings. The van der Waals surface area contributed by atoms with E-state index >= 15 is 0 Å². The van der Waals surface area contributed by atoms with Crippen LogP contribution in [0.25, 0.3) is 0 Å². The van der Waals surface area contributed by atoms with Crippen molar-refractivity contribution in [1.82, 2.24) is 4.90 Å². The second kappa shape index (κ2) is 8.77. The number of methoxy groups -OCH3 is 1. The molecule has 25 heavy (non-hydrogen) atoms. The van der Waals surface area contributed by atoms with Gasteiger partial charge in [0, 0.05) is 18.7 Å². The van der Waals surface area contributed by atoms with Crippen LogP contribution < -0.4 is 9.47 Å². The van der Waals surface area contributed by atoms with Crippen LogP contribution in [0.15, 0.2) is 36.4 Å². The average Bonchev–Trinajstić information content (AvgIpc) is 2.57. The standard InChI is InChI=1S/C21H29NO3/c1-15(2)20-13-17(21(23)12-16(20)3)14-22(4)10-11-25-19-8-6-18(24-5)7-9-19/h6-9,12-13,15,23H,10-11,14H2,1-5H3. The Balaban J connectivity index is 1.89. The number of likely N-dealkylation sites (N-methyl/N-ethyl adjacent to an activating group) is 1. The molecule has 0 unspecified atom stereocenters. The Morgan fingerprint density at radius 3 is 2.32 bits per heavy atom. The lowest BCUT2D eigenvalue weighted by Crippen LogP contribution is -2.24. The fourth-order valence-electron chi connectivity index (χ4n) is 2.87. The summed E-state index contributed by atoms with van der Waals surface area (Å²) in [5.74, 6) is 2.46. The van der Waals surface area contributed by atoms with Crippen molar-refractivity contribution in [2.45, 2.75) is 33.2 Å². The molecule has 0 amide bonds. The Kier molecular flexibility index (Phi) is 6.71. The van der Waals surface area contributed by atoms with Gasteiger partial charge in [-0.1, -0.05) is 19.9 Å². The van der Waals surface area contributed by atoms with Crippen LogP contribution >= 0.6 is 0 Å². The van der Waals surface area contributed by atoms with Crippen LogP contribution in [0.4, 0.5) is 0 Å². The molecule has 0 aromatic heterocycles. The van der Waals surface area contributed by atoms with Crippen LogP contribution in [0, 0.1) is 6.92 Å². The number of ether oxygens (including phenoxy) is 2. The second-order valence-electron chi connectivity index (χ2n) is 6.75. The number of phenols is 1. The van der Waals surface area contributed by atoms with Crippen LogP contribution in [0.2, 0.25) is 0 Å². The summed E-state index contributed by atoms with van der Waals surface area (Å²) in [6.07, 6.45) is 0. The Bertz CT molecular complexity index is 680. The van der Waals surface area contributed by atoms with Gasteiger partial charge in [-0.15, -0.1) is 0 Å². The molecule has 0 radical (unpaired) electrons. The molecule has 0 heterocycles. The highest BCUT2D eigenvalue weighted by molar-refractivity contribution is 5.42. The lowest BCUT2D eigenvalue weighted by Gasteiger charge is -2.20. The van der Waals surface area contributed by atoms with Crippen molar-refractivity contribution in [3.63, 3.8) is 0 Å². The van der Waals surface area contributed by atoms with E-state index in [0.29, 0.717) is 24.8 Å². The molecule has 4 nitrogen and oxygen atoms in total. The minimum absolute atomic E-state index is 0.366. The lowest BCUT2D eigenvalue weighted by atomic mass is 9.95. The number of aryl methyl sites for hydroxylation is 1. The Morgan fingerprint density at radius 2 is 1.72 bits per heavy atom. The van der Waals surface area contributed by atoms with Gasteiger partial charge in [-0.3, -0.25) is 4.90 Å². The lowest BCUT2D eigenvalue weighted by molar-refractivity contribution is 0.231. The molecule has 0 fully saturated rings. The van der Waals surface area contributed by atoms with Crippen LogP contribution in [0.3, 0.4) is 0 Å². The van der Waals surface area contributed by atoms with Crippen LogP contribution in [0.1, 0.15) is 36.5 Å². The normalized spacial score (nSPS) is 11.2. The number of nitrogens with zero attached hydrogens (tertiary/aromatic N) is 1. The van der Waals surface area contributed by atoms with Gasteiger partial charge in [-0.05, 0) is 61.3 Å². The molecular weight excluding hydrogens is 314 g/mol. The van der Waals surface area contributed by atoms with E-state index in [9.17, 15) is 5.11 Å². The number of benzene rings is 2. The van der Waals surface area contributed by atoms with Crippen molar-refractivity contribution in [2.75, 3.05) is 27.3 Å². The molecule has 0 saturated heterocycles. The molecule has 0 saturated carbocycles.